The number of benzene rings is 1. The molecule has 1 aliphatic carbocycles. The highest BCUT2D eigenvalue weighted by Crippen LogP contribution is 2.31. The molecular weight excluding hydrogens is 382 g/mol. The summed E-state index contributed by atoms with van der Waals surface area (Å²) in [6.07, 6.45) is 5.10. The number of anilines is 1. The summed E-state index contributed by atoms with van der Waals surface area (Å²) >= 11 is 0. The van der Waals surface area contributed by atoms with E-state index in [1.54, 1.807) is 23.1 Å². The van der Waals surface area contributed by atoms with Crippen LogP contribution in [0.2, 0.25) is 0 Å². The molecule has 0 bridgehead atoms. The molecule has 3 atom stereocenters. The quantitative estimate of drug-likeness (QED) is 0.662. The molecule has 7 heteroatoms. The minimum absolute atomic E-state index is 0.0242. The summed E-state index contributed by atoms with van der Waals surface area (Å²) in [4.78, 5) is 27.7. The van der Waals surface area contributed by atoms with E-state index in [1.165, 1.54) is 6.42 Å². The molecular formula is C23H35N3O4. The van der Waals surface area contributed by atoms with E-state index in [9.17, 15) is 14.7 Å². The minimum Gasteiger partial charge on any atom is -0.488 e. The van der Waals surface area contributed by atoms with Crippen LogP contribution in [-0.4, -0.2) is 60.7 Å². The fourth-order valence-corrected chi connectivity index (χ4v) is 4.35. The van der Waals surface area contributed by atoms with Gasteiger partial charge in [0, 0.05) is 30.6 Å². The van der Waals surface area contributed by atoms with Crippen LogP contribution in [0.15, 0.2) is 18.2 Å². The molecule has 1 heterocycles. The van der Waals surface area contributed by atoms with Gasteiger partial charge in [-0.1, -0.05) is 26.2 Å². The largest absolute Gasteiger partial charge is 0.488 e. The van der Waals surface area contributed by atoms with Gasteiger partial charge >= 0.3 is 0 Å². The van der Waals surface area contributed by atoms with Crippen molar-refractivity contribution in [3.05, 3.63) is 23.8 Å². The lowest BCUT2D eigenvalue weighted by Crippen LogP contribution is -2.49. The number of likely N-dealkylation sites (N-methyl/N-ethyl adjacent to an activating group) is 1. The van der Waals surface area contributed by atoms with Crippen molar-refractivity contribution in [3.63, 3.8) is 0 Å². The van der Waals surface area contributed by atoms with Gasteiger partial charge in [0.2, 0.25) is 5.91 Å². The third-order valence-electron chi connectivity index (χ3n) is 6.31. The molecule has 0 spiro atoms. The molecule has 1 saturated carbocycles. The Morgan fingerprint density at radius 1 is 1.30 bits per heavy atom. The van der Waals surface area contributed by atoms with E-state index in [0.717, 1.165) is 25.7 Å². The molecule has 1 aromatic rings. The van der Waals surface area contributed by atoms with Crippen molar-refractivity contribution >= 4 is 17.5 Å². The summed E-state index contributed by atoms with van der Waals surface area (Å²) in [5, 5.41) is 15.8. The average Bonchev–Trinajstić information content (AvgIpc) is 2.76. The molecule has 3 rings (SSSR count). The van der Waals surface area contributed by atoms with Crippen molar-refractivity contribution in [2.45, 2.75) is 58.1 Å². The monoisotopic (exact) mass is 417 g/mol. The van der Waals surface area contributed by atoms with Gasteiger partial charge in [-0.15, -0.1) is 0 Å². The second-order valence-electron chi connectivity index (χ2n) is 8.72. The van der Waals surface area contributed by atoms with E-state index in [1.807, 2.05) is 14.0 Å². The summed E-state index contributed by atoms with van der Waals surface area (Å²) in [6, 6.07) is 4.98. The zero-order valence-electron chi connectivity index (χ0n) is 18.3. The van der Waals surface area contributed by atoms with Gasteiger partial charge in [0.15, 0.2) is 0 Å². The van der Waals surface area contributed by atoms with Crippen molar-refractivity contribution in [2.75, 3.05) is 32.1 Å². The maximum atomic E-state index is 13.3. The van der Waals surface area contributed by atoms with Crippen molar-refractivity contribution in [1.82, 2.24) is 10.2 Å². The van der Waals surface area contributed by atoms with E-state index >= 15 is 0 Å². The Balaban J connectivity index is 1.89. The number of nitrogens with one attached hydrogen (secondary N) is 2. The number of aliphatic hydroxyl groups excluding tert-OH is 1. The van der Waals surface area contributed by atoms with Crippen molar-refractivity contribution in [3.8, 4) is 5.75 Å². The van der Waals surface area contributed by atoms with Crippen LogP contribution in [0, 0.1) is 11.8 Å². The first-order chi connectivity index (χ1) is 14.4. The molecule has 3 N–H and O–H groups in total. The molecule has 1 aliphatic heterocycles. The Hall–Kier alpha value is -2.12. The highest BCUT2D eigenvalue weighted by Gasteiger charge is 2.33. The Labute approximate surface area is 179 Å². The van der Waals surface area contributed by atoms with Gasteiger partial charge in [0.05, 0.1) is 18.2 Å². The highest BCUT2D eigenvalue weighted by atomic mass is 16.5. The maximum absolute atomic E-state index is 13.3. The van der Waals surface area contributed by atoms with Crippen LogP contribution in [0.25, 0.3) is 0 Å². The van der Waals surface area contributed by atoms with Crippen molar-refractivity contribution in [1.29, 1.82) is 0 Å². The lowest BCUT2D eigenvalue weighted by atomic mass is 9.88. The van der Waals surface area contributed by atoms with Crippen LogP contribution in [0.4, 0.5) is 5.69 Å². The molecule has 2 aliphatic rings. The van der Waals surface area contributed by atoms with E-state index in [-0.39, 0.29) is 42.4 Å². The highest BCUT2D eigenvalue weighted by molar-refractivity contribution is 6.00. The number of carbonyl (C=O) groups excluding carboxylic acids is 2. The predicted octanol–water partition coefficient (Wildman–Crippen LogP) is 2.64. The van der Waals surface area contributed by atoms with Crippen LogP contribution in [-0.2, 0) is 4.79 Å². The Morgan fingerprint density at radius 2 is 2.03 bits per heavy atom. The van der Waals surface area contributed by atoms with E-state index in [4.69, 9.17) is 4.74 Å². The standard InChI is InChI=1S/C23H35N3O4/c1-15-13-26(16(2)14-27)23(29)19-11-18(9-10-20(19)30-21(15)12-24-3)25-22(28)17-7-5-4-6-8-17/h9-11,15-17,21,24,27H,4-8,12-14H2,1-3H3,(H,25,28)/t15-,16-,21+/m0/s1. The summed E-state index contributed by atoms with van der Waals surface area (Å²) in [7, 11) is 1.87. The van der Waals surface area contributed by atoms with Crippen LogP contribution in [0.1, 0.15) is 56.3 Å². The molecule has 30 heavy (non-hydrogen) atoms. The first kappa shape index (κ1) is 22.6. The number of carbonyl (C=O) groups is 2. The van der Waals surface area contributed by atoms with Crippen LogP contribution >= 0.6 is 0 Å². The maximum Gasteiger partial charge on any atom is 0.258 e. The van der Waals surface area contributed by atoms with Gasteiger partial charge in [-0.05, 0) is 45.0 Å². The van der Waals surface area contributed by atoms with Gasteiger partial charge in [0.1, 0.15) is 11.9 Å². The summed E-state index contributed by atoms with van der Waals surface area (Å²) in [6.45, 7) is 4.93. The fraction of sp³-hybridized carbons (Fsp3) is 0.652. The molecule has 0 aromatic heterocycles. The van der Waals surface area contributed by atoms with Gasteiger partial charge in [-0.3, -0.25) is 9.59 Å². The van der Waals surface area contributed by atoms with Crippen LogP contribution in [0.3, 0.4) is 0 Å². The normalized spacial score (nSPS) is 23.7. The number of rotatable bonds is 6. The number of hydrogen-bond acceptors (Lipinski definition) is 5. The third kappa shape index (κ3) is 5.13. The predicted molar refractivity (Wildman–Crippen MR) is 117 cm³/mol. The van der Waals surface area contributed by atoms with Crippen LogP contribution in [0.5, 0.6) is 5.75 Å². The third-order valence-corrected chi connectivity index (χ3v) is 6.31. The molecule has 2 amide bonds. The topological polar surface area (TPSA) is 90.9 Å². The SMILES string of the molecule is CNC[C@H]1Oc2ccc(NC(=O)C3CCCCC3)cc2C(=O)N([C@@H](C)CO)C[C@@H]1C. The average molecular weight is 418 g/mol. The van der Waals surface area contributed by atoms with Gasteiger partial charge < -0.3 is 25.4 Å². The van der Waals surface area contributed by atoms with E-state index < -0.39 is 0 Å². The van der Waals surface area contributed by atoms with Gasteiger partial charge in [-0.2, -0.15) is 0 Å². The van der Waals surface area contributed by atoms with E-state index in [0.29, 0.717) is 30.1 Å². The van der Waals surface area contributed by atoms with Crippen molar-refractivity contribution < 1.29 is 19.4 Å². The molecule has 1 fully saturated rings. The summed E-state index contributed by atoms with van der Waals surface area (Å²) < 4.78 is 6.21. The Kier molecular flexibility index (Phi) is 7.72. The number of ether oxygens (including phenoxy) is 1. The molecule has 0 radical (unpaired) electrons. The van der Waals surface area contributed by atoms with Gasteiger partial charge in [-0.25, -0.2) is 0 Å². The first-order valence-corrected chi connectivity index (χ1v) is 11.1. The smallest absolute Gasteiger partial charge is 0.258 e. The number of nitrogens with zero attached hydrogens (tertiary/aromatic N) is 1. The van der Waals surface area contributed by atoms with Crippen molar-refractivity contribution in [2.24, 2.45) is 11.8 Å². The number of aliphatic hydroxyl groups is 1. The second-order valence-corrected chi connectivity index (χ2v) is 8.72. The number of hydrogen-bond donors (Lipinski definition) is 3. The van der Waals surface area contributed by atoms with E-state index in [2.05, 4.69) is 17.6 Å². The first-order valence-electron chi connectivity index (χ1n) is 11.1. The molecule has 166 valence electrons. The zero-order valence-corrected chi connectivity index (χ0v) is 18.3. The lowest BCUT2D eigenvalue weighted by molar-refractivity contribution is -0.120. The van der Waals surface area contributed by atoms with Gasteiger partial charge in [0.25, 0.3) is 5.91 Å². The number of fused-ring (bicyclic) bond motifs is 1. The summed E-state index contributed by atoms with van der Waals surface area (Å²) in [5.74, 6) is 0.484. The molecule has 0 saturated heterocycles. The second kappa shape index (κ2) is 10.3. The summed E-state index contributed by atoms with van der Waals surface area (Å²) in [5.41, 5.74) is 1.03. The molecule has 0 unspecified atom stereocenters. The zero-order chi connectivity index (χ0) is 21.7. The van der Waals surface area contributed by atoms with Crippen LogP contribution < -0.4 is 15.4 Å². The molecule has 7 nitrogen and oxygen atoms in total. The fourth-order valence-electron chi connectivity index (χ4n) is 4.35. The lowest BCUT2D eigenvalue weighted by Gasteiger charge is -2.37. The molecule has 1 aromatic carbocycles. The Morgan fingerprint density at radius 3 is 2.70 bits per heavy atom. The Bertz CT molecular complexity index is 748. The number of amides is 2. The minimum atomic E-state index is -0.304.